The van der Waals surface area contributed by atoms with Crippen LogP contribution in [0.4, 0.5) is 5.95 Å². The summed E-state index contributed by atoms with van der Waals surface area (Å²) < 4.78 is 21.2. The molecule has 1 aromatic carbocycles. The van der Waals surface area contributed by atoms with E-state index in [0.717, 1.165) is 58.3 Å². The van der Waals surface area contributed by atoms with Crippen LogP contribution in [0.2, 0.25) is 42.3 Å². The third-order valence-corrected chi connectivity index (χ3v) is 16.3. The maximum Gasteiger partial charge on any atom is 0.220 e. The number of aryl methyl sites for hydroxylation is 1. The minimum absolute atomic E-state index is 0.227. The van der Waals surface area contributed by atoms with Crippen molar-refractivity contribution in [1.29, 1.82) is 0 Å². The lowest BCUT2D eigenvalue weighted by Gasteiger charge is -2.42. The highest BCUT2D eigenvalue weighted by molar-refractivity contribution is 6.77. The number of nitrogens with zero attached hydrogens (tertiary/aromatic N) is 4. The number of hydrogen-bond acceptors (Lipinski definition) is 7. The van der Waals surface area contributed by atoms with Crippen molar-refractivity contribution in [1.82, 2.24) is 19.5 Å². The van der Waals surface area contributed by atoms with Gasteiger partial charge >= 0.3 is 0 Å². The van der Waals surface area contributed by atoms with E-state index in [1.165, 1.54) is 0 Å². The van der Waals surface area contributed by atoms with Crippen molar-refractivity contribution in [3.8, 4) is 22.6 Å². The normalized spacial score (nSPS) is 12.8. The Labute approximate surface area is 259 Å². The van der Waals surface area contributed by atoms with Crippen molar-refractivity contribution in [2.24, 2.45) is 0 Å². The quantitative estimate of drug-likeness (QED) is 0.105. The minimum atomic E-state index is -1.95. The van der Waals surface area contributed by atoms with Crippen molar-refractivity contribution in [3.63, 3.8) is 0 Å². The van der Waals surface area contributed by atoms with Crippen LogP contribution in [0.1, 0.15) is 53.8 Å². The average Bonchev–Trinajstić information content (AvgIpc) is 3.54. The van der Waals surface area contributed by atoms with Gasteiger partial charge in [-0.2, -0.15) is 0 Å². The average molecular weight is 622 g/mol. The first-order chi connectivity index (χ1) is 20.3. The molecule has 4 aromatic rings. The van der Waals surface area contributed by atoms with Crippen LogP contribution in [0.15, 0.2) is 47.2 Å². The molecule has 0 saturated heterocycles. The van der Waals surface area contributed by atoms with Gasteiger partial charge in [0.15, 0.2) is 8.32 Å². The highest BCUT2D eigenvalue weighted by Gasteiger charge is 2.44. The molecule has 3 aromatic heterocycles. The number of furan rings is 1. The van der Waals surface area contributed by atoms with Gasteiger partial charge in [0.1, 0.15) is 18.1 Å². The van der Waals surface area contributed by atoms with Crippen LogP contribution in [0.25, 0.3) is 33.6 Å². The summed E-state index contributed by atoms with van der Waals surface area (Å²) >= 11 is 0. The lowest BCUT2D eigenvalue weighted by molar-refractivity contribution is 0.0859. The first-order valence-corrected chi connectivity index (χ1v) is 21.6. The summed E-state index contributed by atoms with van der Waals surface area (Å²) in [5.74, 6) is 1.17. The number of benzene rings is 1. The molecule has 0 aliphatic heterocycles. The van der Waals surface area contributed by atoms with E-state index in [1.807, 2.05) is 18.2 Å². The highest BCUT2D eigenvalue weighted by Crippen LogP contribution is 2.42. The van der Waals surface area contributed by atoms with Crippen LogP contribution in [0.5, 0.6) is 0 Å². The van der Waals surface area contributed by atoms with Gasteiger partial charge in [-0.1, -0.05) is 73.3 Å². The number of rotatable bonds is 15. The fourth-order valence-corrected chi connectivity index (χ4v) is 12.7. The number of aromatic nitrogens is 4. The molecular weight excluding hydrogens is 571 g/mol. The molecule has 0 fully saturated rings. The zero-order valence-electron chi connectivity index (χ0n) is 27.6. The molecule has 234 valence electrons. The van der Waals surface area contributed by atoms with Crippen LogP contribution in [-0.2, 0) is 22.3 Å². The molecule has 0 saturated carbocycles. The molecule has 0 unspecified atom stereocenters. The van der Waals surface area contributed by atoms with Gasteiger partial charge in [0, 0.05) is 44.9 Å². The first-order valence-electron chi connectivity index (χ1n) is 15.7. The summed E-state index contributed by atoms with van der Waals surface area (Å²) in [5, 5.41) is 1.05. The molecule has 10 heteroatoms. The van der Waals surface area contributed by atoms with Crippen molar-refractivity contribution >= 4 is 33.3 Å². The molecule has 0 spiro atoms. The zero-order valence-corrected chi connectivity index (χ0v) is 29.6. The fraction of sp³-hybridized carbons (Fsp3) is 0.545. The van der Waals surface area contributed by atoms with Gasteiger partial charge in [0.25, 0.3) is 0 Å². The maximum atomic E-state index is 6.90. The Morgan fingerprint density at radius 1 is 0.930 bits per heavy atom. The van der Waals surface area contributed by atoms with E-state index >= 15 is 0 Å². The minimum Gasteiger partial charge on any atom is -0.464 e. The van der Waals surface area contributed by atoms with Crippen molar-refractivity contribution in [3.05, 3.63) is 48.6 Å². The molecule has 2 N–H and O–H groups in total. The van der Waals surface area contributed by atoms with Gasteiger partial charge in [-0.25, -0.2) is 15.0 Å². The Kier molecular flexibility index (Phi) is 10.7. The number of anilines is 1. The number of fused-ring (bicyclic) bond motifs is 1. The van der Waals surface area contributed by atoms with E-state index < -0.39 is 16.4 Å². The molecule has 3 heterocycles. The second-order valence-corrected chi connectivity index (χ2v) is 24.8. The third kappa shape index (κ3) is 7.65. The molecule has 0 atom stereocenters. The smallest absolute Gasteiger partial charge is 0.220 e. The summed E-state index contributed by atoms with van der Waals surface area (Å²) in [4.78, 5) is 14.0. The number of nitrogens with two attached hydrogens (primary N) is 1. The predicted octanol–water partition coefficient (Wildman–Crippen LogP) is 8.77. The van der Waals surface area contributed by atoms with Gasteiger partial charge in [-0.05, 0) is 47.3 Å². The largest absolute Gasteiger partial charge is 0.464 e. The van der Waals surface area contributed by atoms with Crippen LogP contribution in [0, 0.1) is 0 Å². The summed E-state index contributed by atoms with van der Waals surface area (Å²) in [6.45, 7) is 22.9. The predicted molar refractivity (Wildman–Crippen MR) is 182 cm³/mol. The molecule has 0 radical (unpaired) electrons. The van der Waals surface area contributed by atoms with Crippen molar-refractivity contribution in [2.45, 2.75) is 103 Å². The van der Waals surface area contributed by atoms with Crippen molar-refractivity contribution in [2.75, 3.05) is 18.9 Å². The zero-order chi connectivity index (χ0) is 31.4. The molecule has 8 nitrogen and oxygen atoms in total. The summed E-state index contributed by atoms with van der Waals surface area (Å²) in [6, 6.07) is 11.2. The topological polar surface area (TPSA) is 101 Å². The molecule has 43 heavy (non-hydrogen) atoms. The molecule has 0 bridgehead atoms. The summed E-state index contributed by atoms with van der Waals surface area (Å²) in [6.07, 6.45) is 5.04. The van der Waals surface area contributed by atoms with Crippen LogP contribution >= 0.6 is 0 Å². The standard InChI is InChI=1S/C33H51N5O3Si2/c1-23(2)43(24(3)4,25(5)6)41-17-10-11-30-37-31(27-13-12-26-15-18-40-29(26)21-27)32(28-14-16-35-33(34)36-28)38(30)22-39-19-20-42(7,8)9/h12-16,18,21,23-25H,10-11,17,19-20,22H2,1-9H3,(H2,34,35,36). The number of hydrogen-bond donors (Lipinski definition) is 1. The summed E-state index contributed by atoms with van der Waals surface area (Å²) in [5.41, 5.74) is 11.9. The van der Waals surface area contributed by atoms with Crippen LogP contribution < -0.4 is 5.73 Å². The molecular formula is C33H51N5O3Si2. The van der Waals surface area contributed by atoms with Gasteiger partial charge in [-0.15, -0.1) is 0 Å². The van der Waals surface area contributed by atoms with Gasteiger partial charge < -0.3 is 23.9 Å². The SMILES string of the molecule is CC(C)[Si](OCCCc1nc(-c2ccc3ccoc3c2)c(-c2ccnc(N)n2)n1COCC[Si](C)(C)C)(C(C)C)C(C)C. The molecule has 0 aliphatic carbocycles. The molecule has 0 aliphatic rings. The van der Waals surface area contributed by atoms with Gasteiger partial charge in [0.05, 0.1) is 23.3 Å². The van der Waals surface area contributed by atoms with Crippen LogP contribution in [-0.4, -0.2) is 49.1 Å². The van der Waals surface area contributed by atoms with E-state index in [0.29, 0.717) is 36.6 Å². The van der Waals surface area contributed by atoms with E-state index in [9.17, 15) is 0 Å². The highest BCUT2D eigenvalue weighted by atomic mass is 28.4. The van der Waals surface area contributed by atoms with Crippen LogP contribution in [0.3, 0.4) is 0 Å². The Hall–Kier alpha value is -2.80. The lowest BCUT2D eigenvalue weighted by atomic mass is 10.1. The first kappa shape index (κ1) is 33.1. The van der Waals surface area contributed by atoms with E-state index in [-0.39, 0.29) is 5.95 Å². The summed E-state index contributed by atoms with van der Waals surface area (Å²) in [7, 11) is -3.19. The van der Waals surface area contributed by atoms with Gasteiger partial charge in [-0.3, -0.25) is 0 Å². The van der Waals surface area contributed by atoms with E-state index in [1.54, 1.807) is 12.5 Å². The van der Waals surface area contributed by atoms with Gasteiger partial charge in [0.2, 0.25) is 5.95 Å². The molecule has 0 amide bonds. The number of imidazole rings is 1. The van der Waals surface area contributed by atoms with E-state index in [2.05, 4.69) is 87.9 Å². The lowest BCUT2D eigenvalue weighted by Crippen LogP contribution is -2.48. The second-order valence-electron chi connectivity index (χ2n) is 13.7. The number of ether oxygens (including phenoxy) is 1. The Balaban J connectivity index is 1.72. The third-order valence-electron chi connectivity index (χ3n) is 8.51. The Morgan fingerprint density at radius 3 is 2.30 bits per heavy atom. The second kappa shape index (κ2) is 13.9. The maximum absolute atomic E-state index is 6.90. The van der Waals surface area contributed by atoms with E-state index in [4.69, 9.17) is 24.3 Å². The monoisotopic (exact) mass is 621 g/mol. The molecule has 4 rings (SSSR count). The number of nitrogen functional groups attached to an aromatic ring is 1. The Bertz CT molecular complexity index is 1470. The Morgan fingerprint density at radius 2 is 1.65 bits per heavy atom. The fourth-order valence-electron chi connectivity index (χ4n) is 6.41. The van der Waals surface area contributed by atoms with Crippen molar-refractivity contribution < 1.29 is 13.6 Å².